The number of aryl methyl sites for hydroxylation is 1. The lowest BCUT2D eigenvalue weighted by Crippen LogP contribution is -2.35. The van der Waals surface area contributed by atoms with Crippen LogP contribution >= 0.6 is 0 Å². The van der Waals surface area contributed by atoms with E-state index in [2.05, 4.69) is 10.6 Å². The summed E-state index contributed by atoms with van der Waals surface area (Å²) in [5, 5.41) is 5.14. The number of benzene rings is 1. The first kappa shape index (κ1) is 16.8. The summed E-state index contributed by atoms with van der Waals surface area (Å²) >= 11 is 0. The van der Waals surface area contributed by atoms with Crippen molar-refractivity contribution in [3.8, 4) is 0 Å². The minimum Gasteiger partial charge on any atom is -0.447 e. The molecule has 1 aromatic rings. The van der Waals surface area contributed by atoms with E-state index in [1.807, 2.05) is 19.1 Å². The molecule has 0 aliphatic heterocycles. The van der Waals surface area contributed by atoms with Crippen LogP contribution in [-0.2, 0) is 9.47 Å². The number of nitrogens with one attached hydrogen (secondary N) is 2. The zero-order valence-corrected chi connectivity index (χ0v) is 12.8. The van der Waals surface area contributed by atoms with E-state index in [0.717, 1.165) is 5.56 Å². The van der Waals surface area contributed by atoms with Crippen LogP contribution in [0.1, 0.15) is 26.3 Å². The number of hydrogen-bond acceptors (Lipinski definition) is 4. The first-order chi connectivity index (χ1) is 9.86. The molecule has 0 radical (unpaired) electrons. The smallest absolute Gasteiger partial charge is 0.411 e. The van der Waals surface area contributed by atoms with Crippen molar-refractivity contribution in [2.45, 2.75) is 39.9 Å². The van der Waals surface area contributed by atoms with Gasteiger partial charge in [0.1, 0.15) is 6.10 Å². The molecular weight excluding hydrogens is 272 g/mol. The zero-order valence-electron chi connectivity index (χ0n) is 12.8. The van der Waals surface area contributed by atoms with Crippen LogP contribution < -0.4 is 10.6 Å². The van der Waals surface area contributed by atoms with Crippen molar-refractivity contribution in [2.24, 2.45) is 0 Å². The molecule has 0 bridgehead atoms. The molecule has 1 rings (SSSR count). The molecule has 0 aromatic heterocycles. The Labute approximate surface area is 124 Å². The van der Waals surface area contributed by atoms with Crippen molar-refractivity contribution in [3.63, 3.8) is 0 Å². The van der Waals surface area contributed by atoms with Crippen LogP contribution in [0.3, 0.4) is 0 Å². The third kappa shape index (κ3) is 7.20. The molecule has 116 valence electrons. The average molecular weight is 294 g/mol. The summed E-state index contributed by atoms with van der Waals surface area (Å²) in [5.41, 5.74) is 1.76. The summed E-state index contributed by atoms with van der Waals surface area (Å²) in [4.78, 5) is 22.9. The van der Waals surface area contributed by atoms with E-state index < -0.39 is 18.3 Å². The van der Waals surface area contributed by atoms with Crippen LogP contribution in [0.2, 0.25) is 0 Å². The van der Waals surface area contributed by atoms with Gasteiger partial charge in [-0.3, -0.25) is 5.32 Å². The van der Waals surface area contributed by atoms with Gasteiger partial charge in [0.25, 0.3) is 0 Å². The van der Waals surface area contributed by atoms with Crippen molar-refractivity contribution in [1.82, 2.24) is 5.32 Å². The van der Waals surface area contributed by atoms with E-state index in [9.17, 15) is 9.59 Å². The van der Waals surface area contributed by atoms with Crippen LogP contribution in [-0.4, -0.2) is 30.9 Å². The number of amides is 2. The summed E-state index contributed by atoms with van der Waals surface area (Å²) in [6.07, 6.45) is -1.74. The highest BCUT2D eigenvalue weighted by Crippen LogP contribution is 2.09. The van der Waals surface area contributed by atoms with E-state index in [-0.39, 0.29) is 12.6 Å². The molecular formula is C15H22N2O4. The lowest BCUT2D eigenvalue weighted by molar-refractivity contribution is 0.0985. The van der Waals surface area contributed by atoms with Crippen molar-refractivity contribution >= 4 is 17.9 Å². The molecule has 1 atom stereocenters. The van der Waals surface area contributed by atoms with Gasteiger partial charge in [-0.15, -0.1) is 0 Å². The minimum absolute atomic E-state index is 0.187. The largest absolute Gasteiger partial charge is 0.447 e. The fraction of sp³-hybridized carbons (Fsp3) is 0.467. The molecule has 0 spiro atoms. The van der Waals surface area contributed by atoms with Crippen molar-refractivity contribution in [3.05, 3.63) is 29.8 Å². The van der Waals surface area contributed by atoms with E-state index in [1.54, 1.807) is 32.9 Å². The van der Waals surface area contributed by atoms with Gasteiger partial charge >= 0.3 is 12.2 Å². The van der Waals surface area contributed by atoms with Gasteiger partial charge in [0.05, 0.1) is 12.6 Å². The van der Waals surface area contributed by atoms with Gasteiger partial charge in [-0.1, -0.05) is 17.7 Å². The molecule has 0 saturated heterocycles. The summed E-state index contributed by atoms with van der Waals surface area (Å²) in [6, 6.07) is 7.37. The summed E-state index contributed by atoms with van der Waals surface area (Å²) in [5.74, 6) is 0. The standard InChI is InChI=1S/C15H22N2O4/c1-10(2)20-14(18)16-9-12(4)21-15(19)17-13-7-5-11(3)6-8-13/h5-8,10,12H,9H2,1-4H3,(H,16,18)(H,17,19)/t12-/m0/s1. The molecule has 6 nitrogen and oxygen atoms in total. The Kier molecular flexibility index (Phi) is 6.52. The zero-order chi connectivity index (χ0) is 15.8. The van der Waals surface area contributed by atoms with Gasteiger partial charge in [0, 0.05) is 5.69 Å². The number of ether oxygens (including phenoxy) is 2. The second-order valence-electron chi connectivity index (χ2n) is 5.04. The molecule has 0 aliphatic carbocycles. The Morgan fingerprint density at radius 1 is 1.05 bits per heavy atom. The summed E-state index contributed by atoms with van der Waals surface area (Å²) < 4.78 is 10.0. The molecule has 0 saturated carbocycles. The minimum atomic E-state index is -0.564. The SMILES string of the molecule is Cc1ccc(NC(=O)O[C@@H](C)CNC(=O)OC(C)C)cc1. The maximum atomic E-state index is 11.7. The molecule has 1 aromatic carbocycles. The fourth-order valence-corrected chi connectivity index (χ4v) is 1.49. The summed E-state index contributed by atoms with van der Waals surface area (Å²) in [6.45, 7) is 7.35. The number of alkyl carbamates (subject to hydrolysis) is 1. The topological polar surface area (TPSA) is 76.7 Å². The lowest BCUT2D eigenvalue weighted by Gasteiger charge is -2.15. The molecule has 2 N–H and O–H groups in total. The van der Waals surface area contributed by atoms with Crippen LogP contribution in [0.5, 0.6) is 0 Å². The molecule has 21 heavy (non-hydrogen) atoms. The van der Waals surface area contributed by atoms with Crippen LogP contribution in [0.4, 0.5) is 15.3 Å². The molecule has 0 fully saturated rings. The highest BCUT2D eigenvalue weighted by molar-refractivity contribution is 5.84. The summed E-state index contributed by atoms with van der Waals surface area (Å²) in [7, 11) is 0. The Hall–Kier alpha value is -2.24. The van der Waals surface area contributed by atoms with Crippen LogP contribution in [0.15, 0.2) is 24.3 Å². The number of carbonyl (C=O) groups excluding carboxylic acids is 2. The second kappa shape index (κ2) is 8.14. The second-order valence-corrected chi connectivity index (χ2v) is 5.04. The monoisotopic (exact) mass is 294 g/mol. The molecule has 0 unspecified atom stereocenters. The third-order valence-electron chi connectivity index (χ3n) is 2.48. The maximum Gasteiger partial charge on any atom is 0.411 e. The van der Waals surface area contributed by atoms with Gasteiger partial charge < -0.3 is 14.8 Å². The number of carbonyl (C=O) groups is 2. The van der Waals surface area contributed by atoms with Crippen molar-refractivity contribution < 1.29 is 19.1 Å². The van der Waals surface area contributed by atoms with Crippen LogP contribution in [0, 0.1) is 6.92 Å². The van der Waals surface area contributed by atoms with Gasteiger partial charge in [-0.2, -0.15) is 0 Å². The van der Waals surface area contributed by atoms with Gasteiger partial charge in [0.2, 0.25) is 0 Å². The maximum absolute atomic E-state index is 11.7. The fourth-order valence-electron chi connectivity index (χ4n) is 1.49. The predicted molar refractivity (Wildman–Crippen MR) is 80.4 cm³/mol. The lowest BCUT2D eigenvalue weighted by atomic mass is 10.2. The van der Waals surface area contributed by atoms with Crippen molar-refractivity contribution in [2.75, 3.05) is 11.9 Å². The highest BCUT2D eigenvalue weighted by Gasteiger charge is 2.12. The molecule has 2 amide bonds. The normalized spacial score (nSPS) is 11.7. The molecule has 0 aliphatic rings. The quantitative estimate of drug-likeness (QED) is 0.875. The van der Waals surface area contributed by atoms with Crippen molar-refractivity contribution in [1.29, 1.82) is 0 Å². The Morgan fingerprint density at radius 3 is 2.24 bits per heavy atom. The number of rotatable bonds is 5. The average Bonchev–Trinajstić information content (AvgIpc) is 2.38. The predicted octanol–water partition coefficient (Wildman–Crippen LogP) is 3.07. The number of anilines is 1. The third-order valence-corrected chi connectivity index (χ3v) is 2.48. The van der Waals surface area contributed by atoms with E-state index >= 15 is 0 Å². The van der Waals surface area contributed by atoms with E-state index in [0.29, 0.717) is 5.69 Å². The highest BCUT2D eigenvalue weighted by atomic mass is 16.6. The molecule has 6 heteroatoms. The van der Waals surface area contributed by atoms with E-state index in [4.69, 9.17) is 9.47 Å². The Balaban J connectivity index is 2.30. The Morgan fingerprint density at radius 2 is 1.67 bits per heavy atom. The van der Waals surface area contributed by atoms with Gasteiger partial charge in [-0.05, 0) is 39.8 Å². The van der Waals surface area contributed by atoms with Gasteiger partial charge in [0.15, 0.2) is 0 Å². The molecule has 0 heterocycles. The Bertz CT molecular complexity index is 471. The number of hydrogen-bond donors (Lipinski definition) is 2. The van der Waals surface area contributed by atoms with E-state index in [1.165, 1.54) is 0 Å². The first-order valence-corrected chi connectivity index (χ1v) is 6.85. The first-order valence-electron chi connectivity index (χ1n) is 6.85. The van der Waals surface area contributed by atoms with Gasteiger partial charge in [-0.25, -0.2) is 9.59 Å². The van der Waals surface area contributed by atoms with Crippen LogP contribution in [0.25, 0.3) is 0 Å².